The molecular weight excluding hydrogens is 152 g/mol. The van der Waals surface area contributed by atoms with E-state index in [0.29, 0.717) is 9.79 Å². The minimum absolute atomic E-state index is 0.0779. The molecule has 1 radical (unpaired) electrons. The Labute approximate surface area is 64.5 Å². The van der Waals surface area contributed by atoms with Crippen LogP contribution in [0.1, 0.15) is 0 Å². The first-order chi connectivity index (χ1) is 4.22. The Bertz CT molecular complexity index is 202. The summed E-state index contributed by atoms with van der Waals surface area (Å²) in [4.78, 5) is 1.05. The van der Waals surface area contributed by atoms with Gasteiger partial charge in [0.1, 0.15) is 0 Å². The minimum Gasteiger partial charge on any atom is -0.289 e. The largest absolute Gasteiger partial charge is 0.289 e. The van der Waals surface area contributed by atoms with Gasteiger partial charge in [0.25, 0.3) is 0 Å². The van der Waals surface area contributed by atoms with Gasteiger partial charge in [0.2, 0.25) is 0 Å². The normalized spacial score (nSPS) is 9.56. The molecule has 0 amide bonds. The van der Waals surface area contributed by atoms with Crippen molar-refractivity contribution < 1.29 is 5.11 Å². The van der Waals surface area contributed by atoms with Gasteiger partial charge in [-0.05, 0) is 12.1 Å². The van der Waals surface area contributed by atoms with E-state index in [2.05, 4.69) is 25.3 Å². The highest BCUT2D eigenvalue weighted by Gasteiger charge is 1.99. The molecule has 0 aliphatic rings. The maximum absolute atomic E-state index is 10.7. The fraction of sp³-hybridized carbons (Fsp3) is 0. The lowest BCUT2D eigenvalue weighted by Crippen LogP contribution is -1.69. The molecule has 0 bridgehead atoms. The third-order valence-electron chi connectivity index (χ3n) is 0.978. The van der Waals surface area contributed by atoms with Crippen molar-refractivity contribution in [1.82, 2.24) is 0 Å². The second-order valence-electron chi connectivity index (χ2n) is 1.62. The van der Waals surface area contributed by atoms with Crippen LogP contribution in [0.15, 0.2) is 28.0 Å². The molecular formula is C6H5OS2. The van der Waals surface area contributed by atoms with E-state index in [1.807, 2.05) is 0 Å². The zero-order valence-electron chi connectivity index (χ0n) is 4.53. The third kappa shape index (κ3) is 1.34. The highest BCUT2D eigenvalue weighted by atomic mass is 32.1. The average Bonchev–Trinajstić information content (AvgIpc) is 1.83. The molecule has 1 aromatic rings. The lowest BCUT2D eigenvalue weighted by molar-refractivity contribution is 0.342. The summed E-state index contributed by atoms with van der Waals surface area (Å²) in [6.07, 6.45) is 0. The number of benzene rings is 1. The summed E-state index contributed by atoms with van der Waals surface area (Å²) in [5.41, 5.74) is 0. The van der Waals surface area contributed by atoms with E-state index in [-0.39, 0.29) is 5.75 Å². The van der Waals surface area contributed by atoms with Crippen LogP contribution in [-0.4, -0.2) is 0 Å². The van der Waals surface area contributed by atoms with Crippen LogP contribution in [-0.2, 0) is 5.11 Å². The van der Waals surface area contributed by atoms with Crippen LogP contribution in [0, 0.1) is 0 Å². The Kier molecular flexibility index (Phi) is 1.93. The third-order valence-corrected chi connectivity index (χ3v) is 1.99. The van der Waals surface area contributed by atoms with E-state index in [1.54, 1.807) is 12.1 Å². The van der Waals surface area contributed by atoms with Crippen molar-refractivity contribution in [2.45, 2.75) is 9.79 Å². The minimum atomic E-state index is -0.0779. The lowest BCUT2D eigenvalue weighted by Gasteiger charge is -1.94. The predicted molar refractivity (Wildman–Crippen MR) is 41.1 cm³/mol. The Morgan fingerprint density at radius 2 is 1.89 bits per heavy atom. The van der Waals surface area contributed by atoms with Crippen LogP contribution >= 0.6 is 25.3 Å². The quantitative estimate of drug-likeness (QED) is 0.539. The van der Waals surface area contributed by atoms with E-state index in [0.717, 1.165) is 0 Å². The molecule has 0 saturated carbocycles. The molecule has 9 heavy (non-hydrogen) atoms. The molecule has 0 heterocycles. The summed E-state index contributed by atoms with van der Waals surface area (Å²) in [5, 5.41) is 10.7. The van der Waals surface area contributed by atoms with Crippen LogP contribution in [0.4, 0.5) is 0 Å². The molecule has 1 nitrogen and oxygen atoms in total. The highest BCUT2D eigenvalue weighted by Crippen LogP contribution is 2.27. The van der Waals surface area contributed by atoms with Crippen LogP contribution in [0.25, 0.3) is 0 Å². The van der Waals surface area contributed by atoms with Gasteiger partial charge in [0, 0.05) is 4.90 Å². The van der Waals surface area contributed by atoms with E-state index >= 15 is 0 Å². The first-order valence-corrected chi connectivity index (χ1v) is 3.29. The van der Waals surface area contributed by atoms with Crippen molar-refractivity contribution in [3.63, 3.8) is 0 Å². The van der Waals surface area contributed by atoms with Crippen LogP contribution in [0.5, 0.6) is 5.75 Å². The molecule has 0 unspecified atom stereocenters. The summed E-state index contributed by atoms with van der Waals surface area (Å²) in [6.45, 7) is 0. The summed E-state index contributed by atoms with van der Waals surface area (Å²) in [5.74, 6) is -0.0779. The molecule has 0 spiro atoms. The summed E-state index contributed by atoms with van der Waals surface area (Å²) >= 11 is 7.91. The first-order valence-electron chi connectivity index (χ1n) is 2.40. The van der Waals surface area contributed by atoms with Gasteiger partial charge in [0.15, 0.2) is 5.75 Å². The molecule has 0 aliphatic carbocycles. The Morgan fingerprint density at radius 1 is 1.22 bits per heavy atom. The molecule has 0 saturated heterocycles. The molecule has 47 valence electrons. The Hall–Kier alpha value is -0.280. The zero-order valence-corrected chi connectivity index (χ0v) is 6.32. The molecule has 1 rings (SSSR count). The fourth-order valence-electron chi connectivity index (χ4n) is 0.511. The number of thiol groups is 2. The average molecular weight is 157 g/mol. The first kappa shape index (κ1) is 6.83. The Morgan fingerprint density at radius 3 is 2.33 bits per heavy atom. The van der Waals surface area contributed by atoms with Gasteiger partial charge in [-0.3, -0.25) is 5.11 Å². The van der Waals surface area contributed by atoms with Crippen LogP contribution in [0.2, 0.25) is 0 Å². The van der Waals surface area contributed by atoms with Gasteiger partial charge < -0.3 is 0 Å². The van der Waals surface area contributed by atoms with Gasteiger partial charge in [-0.2, -0.15) is 0 Å². The number of hydrogen-bond acceptors (Lipinski definition) is 2. The van der Waals surface area contributed by atoms with Crippen LogP contribution < -0.4 is 0 Å². The second-order valence-corrected chi connectivity index (χ2v) is 2.55. The van der Waals surface area contributed by atoms with E-state index in [1.165, 1.54) is 6.07 Å². The highest BCUT2D eigenvalue weighted by molar-refractivity contribution is 7.83. The summed E-state index contributed by atoms with van der Waals surface area (Å²) in [7, 11) is 0. The summed E-state index contributed by atoms with van der Waals surface area (Å²) in [6, 6.07) is 4.85. The molecule has 0 fully saturated rings. The van der Waals surface area contributed by atoms with Gasteiger partial charge in [-0.15, -0.1) is 25.3 Å². The molecule has 0 aliphatic heterocycles. The molecule has 1 aromatic carbocycles. The van der Waals surface area contributed by atoms with Gasteiger partial charge in [0.05, 0.1) is 4.90 Å². The summed E-state index contributed by atoms with van der Waals surface area (Å²) < 4.78 is 0. The van der Waals surface area contributed by atoms with Gasteiger partial charge in [-0.25, -0.2) is 0 Å². The standard InChI is InChI=1S/C6H5OS2/c7-4-2-1-3-5(8)6(4)9/h1-3,8-9H. The zero-order chi connectivity index (χ0) is 6.85. The van der Waals surface area contributed by atoms with Crippen molar-refractivity contribution in [3.05, 3.63) is 18.2 Å². The lowest BCUT2D eigenvalue weighted by atomic mass is 10.3. The van der Waals surface area contributed by atoms with Crippen molar-refractivity contribution in [3.8, 4) is 5.75 Å². The fourth-order valence-corrected chi connectivity index (χ4v) is 0.856. The van der Waals surface area contributed by atoms with Crippen molar-refractivity contribution in [1.29, 1.82) is 0 Å². The van der Waals surface area contributed by atoms with E-state index in [9.17, 15) is 5.11 Å². The van der Waals surface area contributed by atoms with Crippen molar-refractivity contribution in [2.75, 3.05) is 0 Å². The molecule has 3 heteroatoms. The maximum atomic E-state index is 10.7. The van der Waals surface area contributed by atoms with Crippen molar-refractivity contribution in [2.24, 2.45) is 0 Å². The SMILES string of the molecule is [O]c1cccc(S)c1S. The molecule has 0 N–H and O–H groups in total. The number of hydrogen-bond donors (Lipinski definition) is 2. The van der Waals surface area contributed by atoms with Gasteiger partial charge >= 0.3 is 0 Å². The smallest absolute Gasteiger partial charge is 0.193 e. The topological polar surface area (TPSA) is 19.9 Å². The molecule has 0 atom stereocenters. The van der Waals surface area contributed by atoms with E-state index < -0.39 is 0 Å². The monoisotopic (exact) mass is 157 g/mol. The maximum Gasteiger partial charge on any atom is 0.193 e. The Balaban J connectivity index is 3.25. The predicted octanol–water partition coefficient (Wildman–Crippen LogP) is 2.41. The molecule has 0 aromatic heterocycles. The number of rotatable bonds is 0. The van der Waals surface area contributed by atoms with E-state index in [4.69, 9.17) is 0 Å². The van der Waals surface area contributed by atoms with Crippen LogP contribution in [0.3, 0.4) is 0 Å². The van der Waals surface area contributed by atoms with Crippen molar-refractivity contribution >= 4 is 25.3 Å². The second kappa shape index (κ2) is 2.54. The van der Waals surface area contributed by atoms with Gasteiger partial charge in [-0.1, -0.05) is 6.07 Å².